The van der Waals surface area contributed by atoms with Gasteiger partial charge in [0.05, 0.1) is 23.4 Å². The molecule has 0 unspecified atom stereocenters. The van der Waals surface area contributed by atoms with E-state index in [1.54, 1.807) is 25.1 Å². The number of hydrogen-bond acceptors (Lipinski definition) is 5. The van der Waals surface area contributed by atoms with E-state index in [2.05, 4.69) is 4.90 Å². The lowest BCUT2D eigenvalue weighted by Gasteiger charge is -2.37. The molecule has 8 heteroatoms. The van der Waals surface area contributed by atoms with E-state index in [-0.39, 0.29) is 11.8 Å². The van der Waals surface area contributed by atoms with Gasteiger partial charge in [-0.3, -0.25) is 9.59 Å². The number of rotatable bonds is 4. The molecule has 6 nitrogen and oxygen atoms in total. The third-order valence-corrected chi connectivity index (χ3v) is 7.91. The highest BCUT2D eigenvalue weighted by Gasteiger charge is 2.29. The number of carbonyl (C=O) groups is 2. The lowest BCUT2D eigenvalue weighted by atomic mass is 10.1. The Kier molecular flexibility index (Phi) is 6.94. The summed E-state index contributed by atoms with van der Waals surface area (Å²) in [6.45, 7) is 2.67. The Morgan fingerprint density at radius 2 is 1.69 bits per heavy atom. The van der Waals surface area contributed by atoms with Crippen molar-refractivity contribution in [2.75, 3.05) is 50.1 Å². The van der Waals surface area contributed by atoms with Gasteiger partial charge in [0.2, 0.25) is 0 Å². The van der Waals surface area contributed by atoms with Gasteiger partial charge in [0, 0.05) is 48.7 Å². The molecule has 3 aromatic carbocycles. The Hall–Kier alpha value is -3.42. The number of para-hydroxylation sites is 2. The molecular formula is C28H26ClN3O3S. The van der Waals surface area contributed by atoms with Crippen LogP contribution in [0, 0.1) is 0 Å². The van der Waals surface area contributed by atoms with Crippen LogP contribution in [0.4, 0.5) is 11.4 Å². The van der Waals surface area contributed by atoms with Crippen molar-refractivity contribution in [3.63, 3.8) is 0 Å². The summed E-state index contributed by atoms with van der Waals surface area (Å²) in [7, 11) is 3.41. The molecule has 0 spiro atoms. The molecule has 2 aliphatic rings. The summed E-state index contributed by atoms with van der Waals surface area (Å²) in [5.74, 6) is 0.684. The number of hydrogen-bond donors (Lipinski definition) is 0. The molecule has 0 aromatic heterocycles. The van der Waals surface area contributed by atoms with Crippen LogP contribution in [-0.4, -0.2) is 57.1 Å². The van der Waals surface area contributed by atoms with Crippen molar-refractivity contribution in [1.82, 2.24) is 4.90 Å². The van der Waals surface area contributed by atoms with E-state index in [9.17, 15) is 9.59 Å². The van der Waals surface area contributed by atoms with Crippen LogP contribution in [0.2, 0.25) is 5.02 Å². The van der Waals surface area contributed by atoms with Gasteiger partial charge in [-0.25, -0.2) is 0 Å². The molecule has 0 radical (unpaired) electrons. The van der Waals surface area contributed by atoms with E-state index in [1.165, 1.54) is 11.8 Å². The fourth-order valence-corrected chi connectivity index (χ4v) is 5.76. The number of benzene rings is 3. The van der Waals surface area contributed by atoms with Crippen LogP contribution in [0.5, 0.6) is 5.75 Å². The zero-order valence-electron chi connectivity index (χ0n) is 20.1. The maximum absolute atomic E-state index is 13.3. The largest absolute Gasteiger partial charge is 0.495 e. The van der Waals surface area contributed by atoms with Crippen LogP contribution < -0.4 is 14.5 Å². The minimum absolute atomic E-state index is 0.0271. The van der Waals surface area contributed by atoms with Crippen molar-refractivity contribution in [2.45, 2.75) is 4.90 Å². The molecule has 0 bridgehead atoms. The summed E-state index contributed by atoms with van der Waals surface area (Å²) >= 11 is 7.68. The van der Waals surface area contributed by atoms with E-state index in [0.29, 0.717) is 28.6 Å². The molecule has 0 saturated carbocycles. The first-order valence-corrected chi connectivity index (χ1v) is 12.9. The average Bonchev–Trinajstić information content (AvgIpc) is 2.92. The quantitative estimate of drug-likeness (QED) is 0.431. The number of likely N-dealkylation sites (N-methyl/N-ethyl adjacent to an activating group) is 1. The van der Waals surface area contributed by atoms with Gasteiger partial charge in [-0.15, -0.1) is 0 Å². The molecule has 1 saturated heterocycles. The average molecular weight is 520 g/mol. The summed E-state index contributed by atoms with van der Waals surface area (Å²) < 4.78 is 5.49. The minimum Gasteiger partial charge on any atom is -0.495 e. The van der Waals surface area contributed by atoms with Gasteiger partial charge in [-0.1, -0.05) is 53.7 Å². The second kappa shape index (κ2) is 10.3. The highest BCUT2D eigenvalue weighted by Crippen LogP contribution is 2.42. The number of carbonyl (C=O) groups excluding carboxylic acids is 2. The molecule has 2 aliphatic heterocycles. The van der Waals surface area contributed by atoms with Gasteiger partial charge in [0.1, 0.15) is 5.75 Å². The van der Waals surface area contributed by atoms with Crippen LogP contribution >= 0.6 is 23.4 Å². The van der Waals surface area contributed by atoms with Crippen LogP contribution in [0.3, 0.4) is 0 Å². The number of anilines is 2. The summed E-state index contributed by atoms with van der Waals surface area (Å²) in [4.78, 5) is 33.6. The Morgan fingerprint density at radius 3 is 2.44 bits per heavy atom. The number of methoxy groups -OCH3 is 1. The standard InChI is InChI=1S/C28H26ClN3O3S/c1-30-23-17-20(11-12-25(23)36-26(28(30)34)18-19-7-3-4-8-21(19)29)27(33)32-15-13-31(14-16-32)22-9-5-6-10-24(22)35-2/h3-12,17-18H,13-16H2,1-2H3. The fraction of sp³-hybridized carbons (Fsp3) is 0.214. The van der Waals surface area contributed by atoms with Gasteiger partial charge >= 0.3 is 0 Å². The van der Waals surface area contributed by atoms with Crippen molar-refractivity contribution < 1.29 is 14.3 Å². The molecule has 2 amide bonds. The first kappa shape index (κ1) is 24.3. The van der Waals surface area contributed by atoms with Gasteiger partial charge < -0.3 is 19.4 Å². The van der Waals surface area contributed by atoms with Crippen molar-refractivity contribution >= 4 is 52.6 Å². The molecule has 0 N–H and O–H groups in total. The number of ether oxygens (including phenoxy) is 1. The lowest BCUT2D eigenvalue weighted by Crippen LogP contribution is -2.49. The number of piperazine rings is 1. The van der Waals surface area contributed by atoms with Gasteiger partial charge in [0.15, 0.2) is 0 Å². The van der Waals surface area contributed by atoms with Crippen LogP contribution in [-0.2, 0) is 4.79 Å². The van der Waals surface area contributed by atoms with E-state index in [0.717, 1.165) is 40.7 Å². The van der Waals surface area contributed by atoms with E-state index in [4.69, 9.17) is 16.3 Å². The third-order valence-electron chi connectivity index (χ3n) is 6.49. The number of halogens is 1. The zero-order valence-corrected chi connectivity index (χ0v) is 21.7. The normalized spacial score (nSPS) is 16.8. The van der Waals surface area contributed by atoms with E-state index < -0.39 is 0 Å². The second-order valence-corrected chi connectivity index (χ2v) is 10.1. The maximum atomic E-state index is 13.3. The van der Waals surface area contributed by atoms with Crippen LogP contribution in [0.25, 0.3) is 6.08 Å². The Labute approximate surface area is 220 Å². The highest BCUT2D eigenvalue weighted by atomic mass is 35.5. The Balaban J connectivity index is 1.31. The minimum atomic E-state index is -0.123. The van der Waals surface area contributed by atoms with Crippen molar-refractivity contribution in [2.24, 2.45) is 0 Å². The number of fused-ring (bicyclic) bond motifs is 1. The molecule has 184 valence electrons. The Bertz CT molecular complexity index is 1350. The van der Waals surface area contributed by atoms with Gasteiger partial charge in [-0.2, -0.15) is 0 Å². The van der Waals surface area contributed by atoms with Crippen molar-refractivity contribution in [3.05, 3.63) is 87.8 Å². The van der Waals surface area contributed by atoms with Crippen LogP contribution in [0.1, 0.15) is 15.9 Å². The summed E-state index contributed by atoms with van der Waals surface area (Å²) in [5.41, 5.74) is 3.16. The maximum Gasteiger partial charge on any atom is 0.264 e. The molecule has 2 heterocycles. The summed E-state index contributed by atoms with van der Waals surface area (Å²) in [6, 6.07) is 21.0. The van der Waals surface area contributed by atoms with Crippen LogP contribution in [0.15, 0.2) is 76.5 Å². The molecule has 5 rings (SSSR count). The first-order chi connectivity index (χ1) is 17.5. The summed E-state index contributed by atoms with van der Waals surface area (Å²) in [5, 5.41) is 0.596. The van der Waals surface area contributed by atoms with Crippen molar-refractivity contribution in [1.29, 1.82) is 0 Å². The van der Waals surface area contributed by atoms with E-state index >= 15 is 0 Å². The monoisotopic (exact) mass is 519 g/mol. The highest BCUT2D eigenvalue weighted by molar-refractivity contribution is 8.04. The molecule has 36 heavy (non-hydrogen) atoms. The third kappa shape index (κ3) is 4.68. The number of amides is 2. The molecule has 0 atom stereocenters. The predicted molar refractivity (Wildman–Crippen MR) is 146 cm³/mol. The van der Waals surface area contributed by atoms with Gasteiger partial charge in [-0.05, 0) is 48.0 Å². The fourth-order valence-electron chi connectivity index (χ4n) is 4.48. The predicted octanol–water partition coefficient (Wildman–Crippen LogP) is 5.42. The molecular weight excluding hydrogens is 494 g/mol. The molecule has 0 aliphatic carbocycles. The first-order valence-electron chi connectivity index (χ1n) is 11.7. The zero-order chi connectivity index (χ0) is 25.2. The van der Waals surface area contributed by atoms with Gasteiger partial charge in [0.25, 0.3) is 11.8 Å². The molecule has 1 fully saturated rings. The Morgan fingerprint density at radius 1 is 0.972 bits per heavy atom. The number of nitrogens with zero attached hydrogens (tertiary/aromatic N) is 3. The molecule has 3 aromatic rings. The number of thioether (sulfide) groups is 1. The second-order valence-electron chi connectivity index (χ2n) is 8.63. The topological polar surface area (TPSA) is 53.1 Å². The summed E-state index contributed by atoms with van der Waals surface area (Å²) in [6.07, 6.45) is 1.81. The smallest absolute Gasteiger partial charge is 0.264 e. The van der Waals surface area contributed by atoms with Crippen molar-refractivity contribution in [3.8, 4) is 5.75 Å². The SMILES string of the molecule is COc1ccccc1N1CCN(C(=O)c2ccc3c(c2)N(C)C(=O)C(=Cc2ccccc2Cl)S3)CC1. The lowest BCUT2D eigenvalue weighted by molar-refractivity contribution is -0.114. The van der Waals surface area contributed by atoms with E-state index in [1.807, 2.05) is 71.6 Å².